The molecule has 102 valence electrons. The summed E-state index contributed by atoms with van der Waals surface area (Å²) in [6.45, 7) is 5.30. The molecule has 2 atom stereocenters. The zero-order chi connectivity index (χ0) is 13.1. The van der Waals surface area contributed by atoms with Crippen molar-refractivity contribution in [1.29, 1.82) is 0 Å². The maximum atomic E-state index is 12.0. The van der Waals surface area contributed by atoms with Crippen LogP contribution in [0.3, 0.4) is 0 Å². The van der Waals surface area contributed by atoms with Gasteiger partial charge in [0.2, 0.25) is 5.91 Å². The van der Waals surface area contributed by atoms with Gasteiger partial charge in [-0.3, -0.25) is 4.79 Å². The number of fused-ring (bicyclic) bond motifs is 1. The molecule has 0 saturated carbocycles. The summed E-state index contributed by atoms with van der Waals surface area (Å²) in [5.74, 6) is 0.583. The third-order valence-electron chi connectivity index (χ3n) is 3.84. The van der Waals surface area contributed by atoms with Crippen LogP contribution in [0.1, 0.15) is 19.8 Å². The molecule has 0 aliphatic carbocycles. The quantitative estimate of drug-likeness (QED) is 0.716. The molecule has 0 aromatic carbocycles. The third kappa shape index (κ3) is 2.75. The summed E-state index contributed by atoms with van der Waals surface area (Å²) >= 11 is 0. The topological polar surface area (TPSA) is 78.7 Å². The lowest BCUT2D eigenvalue weighted by Crippen LogP contribution is -2.53. The van der Waals surface area contributed by atoms with Crippen LogP contribution >= 0.6 is 0 Å². The summed E-state index contributed by atoms with van der Waals surface area (Å²) < 4.78 is 0. The van der Waals surface area contributed by atoms with E-state index in [2.05, 4.69) is 12.2 Å². The smallest absolute Gasteiger partial charge is 0.317 e. The van der Waals surface area contributed by atoms with E-state index in [1.54, 1.807) is 0 Å². The highest BCUT2D eigenvalue weighted by atomic mass is 16.2. The molecule has 0 bridgehead atoms. The van der Waals surface area contributed by atoms with Gasteiger partial charge in [-0.1, -0.05) is 6.92 Å². The second-order valence-electron chi connectivity index (χ2n) is 5.25. The Kier molecular flexibility index (Phi) is 4.06. The van der Waals surface area contributed by atoms with Crippen LogP contribution in [-0.2, 0) is 4.79 Å². The first-order valence-corrected chi connectivity index (χ1v) is 6.64. The Labute approximate surface area is 107 Å². The molecule has 3 amide bonds. The van der Waals surface area contributed by atoms with Gasteiger partial charge in [-0.05, 0) is 18.9 Å². The van der Waals surface area contributed by atoms with Crippen LogP contribution in [0.4, 0.5) is 4.79 Å². The minimum absolute atomic E-state index is 0.00357. The molecule has 2 unspecified atom stereocenters. The highest BCUT2D eigenvalue weighted by Crippen LogP contribution is 2.16. The number of carbonyl (C=O) groups excluding carboxylic acids is 2. The monoisotopic (exact) mass is 254 g/mol. The van der Waals surface area contributed by atoms with Crippen LogP contribution in [0.15, 0.2) is 0 Å². The van der Waals surface area contributed by atoms with E-state index in [-0.39, 0.29) is 18.0 Å². The Morgan fingerprint density at radius 2 is 2.33 bits per heavy atom. The molecule has 2 heterocycles. The number of nitrogens with one attached hydrogen (secondary N) is 1. The molecule has 3 N–H and O–H groups in total. The van der Waals surface area contributed by atoms with Crippen LogP contribution in [0.5, 0.6) is 0 Å². The van der Waals surface area contributed by atoms with E-state index in [4.69, 9.17) is 5.73 Å². The molecule has 2 rings (SSSR count). The predicted molar refractivity (Wildman–Crippen MR) is 67.9 cm³/mol. The number of nitrogens with two attached hydrogens (primary N) is 1. The van der Waals surface area contributed by atoms with Crippen molar-refractivity contribution in [2.45, 2.75) is 25.8 Å². The Balaban J connectivity index is 1.80. The standard InChI is InChI=1S/C12H22N4O2/c1-9(6-13)2-3-11(17)15-4-5-16-10(8-15)7-14-12(16)18/h9-10H,2-8,13H2,1H3,(H,14,18). The third-order valence-corrected chi connectivity index (χ3v) is 3.84. The van der Waals surface area contributed by atoms with Gasteiger partial charge in [0.1, 0.15) is 0 Å². The molecular weight excluding hydrogens is 232 g/mol. The number of amides is 3. The molecule has 18 heavy (non-hydrogen) atoms. The van der Waals surface area contributed by atoms with Gasteiger partial charge < -0.3 is 20.9 Å². The fourth-order valence-electron chi connectivity index (χ4n) is 2.48. The SMILES string of the molecule is CC(CN)CCC(=O)N1CCN2C(=O)NCC2C1. The molecule has 2 aliphatic heterocycles. The summed E-state index contributed by atoms with van der Waals surface area (Å²) in [5.41, 5.74) is 5.54. The second kappa shape index (κ2) is 5.56. The Morgan fingerprint density at radius 3 is 3.06 bits per heavy atom. The average molecular weight is 254 g/mol. The Bertz CT molecular complexity index is 334. The Morgan fingerprint density at radius 1 is 1.56 bits per heavy atom. The largest absolute Gasteiger partial charge is 0.339 e. The lowest BCUT2D eigenvalue weighted by Gasteiger charge is -2.36. The van der Waals surface area contributed by atoms with Crippen molar-refractivity contribution >= 4 is 11.9 Å². The van der Waals surface area contributed by atoms with Gasteiger partial charge in [0.25, 0.3) is 0 Å². The fourth-order valence-corrected chi connectivity index (χ4v) is 2.48. The average Bonchev–Trinajstić information content (AvgIpc) is 2.76. The van der Waals surface area contributed by atoms with Gasteiger partial charge in [-0.25, -0.2) is 4.79 Å². The summed E-state index contributed by atoms with van der Waals surface area (Å²) in [6, 6.07) is 0.158. The van der Waals surface area contributed by atoms with E-state index in [1.807, 2.05) is 9.80 Å². The highest BCUT2D eigenvalue weighted by Gasteiger charge is 2.36. The van der Waals surface area contributed by atoms with Gasteiger partial charge in [-0.2, -0.15) is 0 Å². The van der Waals surface area contributed by atoms with Gasteiger partial charge in [0.05, 0.1) is 6.04 Å². The molecule has 2 fully saturated rings. The number of carbonyl (C=O) groups is 2. The van der Waals surface area contributed by atoms with E-state index >= 15 is 0 Å². The van der Waals surface area contributed by atoms with Gasteiger partial charge in [-0.15, -0.1) is 0 Å². The highest BCUT2D eigenvalue weighted by molar-refractivity contribution is 5.79. The van der Waals surface area contributed by atoms with Crippen molar-refractivity contribution in [3.05, 3.63) is 0 Å². The molecule has 0 aromatic rings. The van der Waals surface area contributed by atoms with Crippen molar-refractivity contribution in [1.82, 2.24) is 15.1 Å². The molecular formula is C12H22N4O2. The first-order valence-electron chi connectivity index (χ1n) is 6.64. The van der Waals surface area contributed by atoms with E-state index in [1.165, 1.54) is 0 Å². The first kappa shape index (κ1) is 13.1. The van der Waals surface area contributed by atoms with Gasteiger partial charge >= 0.3 is 6.03 Å². The summed E-state index contributed by atoms with van der Waals surface area (Å²) in [6.07, 6.45) is 1.41. The second-order valence-corrected chi connectivity index (χ2v) is 5.25. The van der Waals surface area contributed by atoms with E-state index in [0.29, 0.717) is 45.1 Å². The normalized spacial score (nSPS) is 24.8. The lowest BCUT2D eigenvalue weighted by atomic mass is 10.0. The molecule has 0 aromatic heterocycles. The predicted octanol–water partition coefficient (Wildman–Crippen LogP) is -0.403. The van der Waals surface area contributed by atoms with Crippen LogP contribution in [0.25, 0.3) is 0 Å². The van der Waals surface area contributed by atoms with Crippen LogP contribution in [0, 0.1) is 5.92 Å². The maximum Gasteiger partial charge on any atom is 0.317 e. The van der Waals surface area contributed by atoms with Crippen LogP contribution in [0.2, 0.25) is 0 Å². The lowest BCUT2D eigenvalue weighted by molar-refractivity contribution is -0.133. The molecule has 0 spiro atoms. The minimum atomic E-state index is 0.00357. The first-order chi connectivity index (χ1) is 8.61. The van der Waals surface area contributed by atoms with Crippen LogP contribution in [-0.4, -0.2) is 60.5 Å². The van der Waals surface area contributed by atoms with Crippen molar-refractivity contribution in [3.63, 3.8) is 0 Å². The zero-order valence-electron chi connectivity index (χ0n) is 10.9. The molecule has 6 nitrogen and oxygen atoms in total. The van der Waals surface area contributed by atoms with Crippen molar-refractivity contribution < 1.29 is 9.59 Å². The zero-order valence-corrected chi connectivity index (χ0v) is 10.9. The number of nitrogens with zero attached hydrogens (tertiary/aromatic N) is 2. The van der Waals surface area contributed by atoms with E-state index < -0.39 is 0 Å². The summed E-state index contributed by atoms with van der Waals surface area (Å²) in [5, 5.41) is 2.81. The number of piperazine rings is 1. The summed E-state index contributed by atoms with van der Waals surface area (Å²) in [7, 11) is 0. The Hall–Kier alpha value is -1.30. The molecule has 6 heteroatoms. The maximum absolute atomic E-state index is 12.0. The molecule has 2 saturated heterocycles. The number of hydrogen-bond donors (Lipinski definition) is 2. The van der Waals surface area contributed by atoms with Gasteiger partial charge in [0, 0.05) is 32.6 Å². The fraction of sp³-hybridized carbons (Fsp3) is 0.833. The minimum Gasteiger partial charge on any atom is -0.339 e. The molecule has 2 aliphatic rings. The van der Waals surface area contributed by atoms with Gasteiger partial charge in [0.15, 0.2) is 0 Å². The summed E-state index contributed by atoms with van der Waals surface area (Å²) in [4.78, 5) is 27.2. The van der Waals surface area contributed by atoms with Crippen molar-refractivity contribution in [3.8, 4) is 0 Å². The van der Waals surface area contributed by atoms with Crippen molar-refractivity contribution in [2.75, 3.05) is 32.7 Å². The van der Waals surface area contributed by atoms with Crippen molar-refractivity contribution in [2.24, 2.45) is 11.7 Å². The van der Waals surface area contributed by atoms with Crippen LogP contribution < -0.4 is 11.1 Å². The number of hydrogen-bond acceptors (Lipinski definition) is 3. The number of urea groups is 1. The van der Waals surface area contributed by atoms with E-state index in [9.17, 15) is 9.59 Å². The van der Waals surface area contributed by atoms with E-state index in [0.717, 1.165) is 6.42 Å². The molecule has 0 radical (unpaired) electrons. The number of rotatable bonds is 4.